The first-order chi connectivity index (χ1) is 15.3. The maximum Gasteiger partial charge on any atom is 0.323 e. The number of rotatable bonds is 8. The molecule has 1 saturated heterocycles. The van der Waals surface area contributed by atoms with E-state index in [1.54, 1.807) is 11.0 Å². The standard InChI is InChI=1S/C25H38N2O5/c1-16(2)20-14-21(23(29)15-22(20)28)24(30)27-12-9-18(10-13-27)8-11-26-17(3)25(31)32-19-6-4-5-7-19/h14-19,26,28-29H,4-13H2,1-3H3/t17-/m0/s1. The van der Waals surface area contributed by atoms with Gasteiger partial charge < -0.3 is 25.2 Å². The van der Waals surface area contributed by atoms with E-state index in [9.17, 15) is 19.8 Å². The molecule has 1 atom stereocenters. The van der Waals surface area contributed by atoms with E-state index in [-0.39, 0.29) is 47.0 Å². The summed E-state index contributed by atoms with van der Waals surface area (Å²) in [7, 11) is 0. The zero-order chi connectivity index (χ0) is 23.3. The van der Waals surface area contributed by atoms with E-state index in [1.165, 1.54) is 6.07 Å². The number of amides is 1. The Morgan fingerprint density at radius 2 is 1.72 bits per heavy atom. The second kappa shape index (κ2) is 11.0. The number of carbonyl (C=O) groups is 2. The highest BCUT2D eigenvalue weighted by Gasteiger charge is 2.27. The third-order valence-corrected chi connectivity index (χ3v) is 6.84. The Balaban J connectivity index is 1.42. The maximum absolute atomic E-state index is 13.0. The summed E-state index contributed by atoms with van der Waals surface area (Å²) in [6.07, 6.45) is 7.09. The fourth-order valence-corrected chi connectivity index (χ4v) is 4.68. The van der Waals surface area contributed by atoms with Crippen LogP contribution in [-0.2, 0) is 9.53 Å². The SMILES string of the molecule is CC(C)c1cc(C(=O)N2CCC(CCN[C@@H](C)C(=O)OC3CCCC3)CC2)c(O)cc1O. The molecule has 1 aliphatic heterocycles. The number of likely N-dealkylation sites (tertiary alicyclic amines) is 1. The average molecular weight is 447 g/mol. The Morgan fingerprint density at radius 3 is 2.34 bits per heavy atom. The lowest BCUT2D eigenvalue weighted by molar-refractivity contribution is -0.150. The van der Waals surface area contributed by atoms with Gasteiger partial charge in [0, 0.05) is 19.2 Å². The highest BCUT2D eigenvalue weighted by atomic mass is 16.5. The van der Waals surface area contributed by atoms with Gasteiger partial charge in [-0.25, -0.2) is 0 Å². The van der Waals surface area contributed by atoms with Crippen LogP contribution in [0.2, 0.25) is 0 Å². The molecule has 1 amide bonds. The number of ether oxygens (including phenoxy) is 1. The molecule has 0 radical (unpaired) electrons. The van der Waals surface area contributed by atoms with Crippen LogP contribution < -0.4 is 5.32 Å². The number of carbonyl (C=O) groups excluding carboxylic acids is 2. The van der Waals surface area contributed by atoms with Gasteiger partial charge in [0.15, 0.2) is 0 Å². The van der Waals surface area contributed by atoms with Crippen LogP contribution in [0.5, 0.6) is 11.5 Å². The first kappa shape index (κ1) is 24.4. The molecular weight excluding hydrogens is 408 g/mol. The molecule has 1 aromatic rings. The van der Waals surface area contributed by atoms with E-state index in [1.807, 2.05) is 20.8 Å². The van der Waals surface area contributed by atoms with Crippen LogP contribution in [-0.4, -0.2) is 58.8 Å². The summed E-state index contributed by atoms with van der Waals surface area (Å²) in [4.78, 5) is 26.9. The highest BCUT2D eigenvalue weighted by Crippen LogP contribution is 2.33. The van der Waals surface area contributed by atoms with E-state index < -0.39 is 0 Å². The number of benzene rings is 1. The van der Waals surface area contributed by atoms with Crippen LogP contribution in [0.25, 0.3) is 0 Å². The number of hydrogen-bond donors (Lipinski definition) is 3. The monoisotopic (exact) mass is 446 g/mol. The van der Waals surface area contributed by atoms with Crippen molar-refractivity contribution in [2.24, 2.45) is 5.92 Å². The third kappa shape index (κ3) is 6.15. The molecule has 2 fully saturated rings. The zero-order valence-corrected chi connectivity index (χ0v) is 19.6. The molecule has 2 aliphatic rings. The smallest absolute Gasteiger partial charge is 0.323 e. The number of esters is 1. The van der Waals surface area contributed by atoms with Gasteiger partial charge in [0.25, 0.3) is 5.91 Å². The van der Waals surface area contributed by atoms with E-state index >= 15 is 0 Å². The van der Waals surface area contributed by atoms with Crippen molar-refractivity contribution in [2.75, 3.05) is 19.6 Å². The quantitative estimate of drug-likeness (QED) is 0.524. The predicted molar refractivity (Wildman–Crippen MR) is 123 cm³/mol. The molecule has 178 valence electrons. The van der Waals surface area contributed by atoms with E-state index in [2.05, 4.69) is 5.32 Å². The Labute approximate surface area is 191 Å². The minimum absolute atomic E-state index is 0.0154. The summed E-state index contributed by atoms with van der Waals surface area (Å²) in [5, 5.41) is 23.5. The summed E-state index contributed by atoms with van der Waals surface area (Å²) in [6, 6.07) is 2.57. The van der Waals surface area contributed by atoms with Gasteiger partial charge >= 0.3 is 5.97 Å². The summed E-state index contributed by atoms with van der Waals surface area (Å²) >= 11 is 0. The van der Waals surface area contributed by atoms with Crippen molar-refractivity contribution in [2.45, 2.75) is 83.8 Å². The average Bonchev–Trinajstić information content (AvgIpc) is 3.26. The summed E-state index contributed by atoms with van der Waals surface area (Å²) < 4.78 is 5.56. The zero-order valence-electron chi connectivity index (χ0n) is 19.6. The topological polar surface area (TPSA) is 99.1 Å². The minimum Gasteiger partial charge on any atom is -0.508 e. The maximum atomic E-state index is 13.0. The van der Waals surface area contributed by atoms with Crippen LogP contribution in [0.4, 0.5) is 0 Å². The first-order valence-electron chi connectivity index (χ1n) is 12.0. The van der Waals surface area contributed by atoms with E-state index in [0.29, 0.717) is 24.6 Å². The van der Waals surface area contributed by atoms with Crippen LogP contribution in [0.3, 0.4) is 0 Å². The number of phenolic OH excluding ortho intramolecular Hbond substituents is 2. The van der Waals surface area contributed by atoms with Gasteiger partial charge in [-0.1, -0.05) is 13.8 Å². The molecule has 0 spiro atoms. The molecule has 3 rings (SSSR count). The van der Waals surface area contributed by atoms with Crippen molar-refractivity contribution in [3.8, 4) is 11.5 Å². The van der Waals surface area contributed by atoms with Crippen molar-refractivity contribution >= 4 is 11.9 Å². The molecular formula is C25H38N2O5. The van der Waals surface area contributed by atoms with E-state index in [4.69, 9.17) is 4.74 Å². The molecule has 7 nitrogen and oxygen atoms in total. The fraction of sp³-hybridized carbons (Fsp3) is 0.680. The van der Waals surface area contributed by atoms with Crippen LogP contribution in [0.15, 0.2) is 12.1 Å². The largest absolute Gasteiger partial charge is 0.508 e. The molecule has 0 aromatic heterocycles. The number of nitrogens with zero attached hydrogens (tertiary/aromatic N) is 1. The molecule has 0 unspecified atom stereocenters. The lowest BCUT2D eigenvalue weighted by Crippen LogP contribution is -2.40. The Kier molecular flexibility index (Phi) is 8.40. The fourth-order valence-electron chi connectivity index (χ4n) is 4.68. The minimum atomic E-state index is -0.301. The molecule has 32 heavy (non-hydrogen) atoms. The molecule has 1 aliphatic carbocycles. The highest BCUT2D eigenvalue weighted by molar-refractivity contribution is 5.97. The van der Waals surface area contributed by atoms with Crippen molar-refractivity contribution in [3.05, 3.63) is 23.3 Å². The van der Waals surface area contributed by atoms with Gasteiger partial charge in [-0.15, -0.1) is 0 Å². The van der Waals surface area contributed by atoms with Gasteiger partial charge in [0.1, 0.15) is 23.6 Å². The second-order valence-electron chi connectivity index (χ2n) is 9.63. The molecule has 1 heterocycles. The summed E-state index contributed by atoms with van der Waals surface area (Å²) in [6.45, 7) is 7.76. The Bertz CT molecular complexity index is 796. The number of phenols is 2. The Hall–Kier alpha value is -2.28. The lowest BCUT2D eigenvalue weighted by atomic mass is 9.92. The molecule has 7 heteroatoms. The van der Waals surface area contributed by atoms with Gasteiger partial charge in [-0.2, -0.15) is 0 Å². The normalized spacial score (nSPS) is 18.8. The van der Waals surface area contributed by atoms with E-state index in [0.717, 1.165) is 51.5 Å². The summed E-state index contributed by atoms with van der Waals surface area (Å²) in [5.74, 6) is 0.0295. The predicted octanol–water partition coefficient (Wildman–Crippen LogP) is 3.93. The van der Waals surface area contributed by atoms with Crippen molar-refractivity contribution in [3.63, 3.8) is 0 Å². The number of aromatic hydroxyl groups is 2. The molecule has 1 saturated carbocycles. The van der Waals surface area contributed by atoms with Crippen molar-refractivity contribution in [1.82, 2.24) is 10.2 Å². The van der Waals surface area contributed by atoms with Gasteiger partial charge in [0.05, 0.1) is 5.56 Å². The number of hydrogen-bond acceptors (Lipinski definition) is 6. The van der Waals surface area contributed by atoms with Crippen molar-refractivity contribution < 1.29 is 24.5 Å². The van der Waals surface area contributed by atoms with Gasteiger partial charge in [-0.05, 0) is 81.9 Å². The van der Waals surface area contributed by atoms with Gasteiger partial charge in [0.2, 0.25) is 0 Å². The van der Waals surface area contributed by atoms with Gasteiger partial charge in [-0.3, -0.25) is 9.59 Å². The van der Waals surface area contributed by atoms with Crippen LogP contribution in [0, 0.1) is 5.92 Å². The Morgan fingerprint density at radius 1 is 1.06 bits per heavy atom. The van der Waals surface area contributed by atoms with Crippen LogP contribution in [0.1, 0.15) is 87.6 Å². The van der Waals surface area contributed by atoms with Crippen LogP contribution >= 0.6 is 0 Å². The lowest BCUT2D eigenvalue weighted by Gasteiger charge is -2.32. The second-order valence-corrected chi connectivity index (χ2v) is 9.63. The van der Waals surface area contributed by atoms with Crippen molar-refractivity contribution in [1.29, 1.82) is 0 Å². The number of nitrogens with one attached hydrogen (secondary N) is 1. The molecule has 1 aromatic carbocycles. The third-order valence-electron chi connectivity index (χ3n) is 6.84. The molecule has 3 N–H and O–H groups in total. The summed E-state index contributed by atoms with van der Waals surface area (Å²) in [5.41, 5.74) is 0.911. The number of piperidine rings is 1. The first-order valence-corrected chi connectivity index (χ1v) is 12.0. The molecule has 0 bridgehead atoms.